The summed E-state index contributed by atoms with van der Waals surface area (Å²) in [6.45, 7) is 5.30. The van der Waals surface area contributed by atoms with Crippen LogP contribution in [0.4, 0.5) is 4.39 Å². The molecule has 0 aliphatic heterocycles. The Hall–Kier alpha value is -4.07. The van der Waals surface area contributed by atoms with Gasteiger partial charge in [-0.05, 0) is 56.0 Å². The van der Waals surface area contributed by atoms with Gasteiger partial charge in [-0.15, -0.1) is 0 Å². The zero-order chi connectivity index (χ0) is 27.0. The third kappa shape index (κ3) is 7.96. The number of hydrogen-bond acceptors (Lipinski definition) is 5. The Kier molecular flexibility index (Phi) is 9.11. The van der Waals surface area contributed by atoms with Crippen molar-refractivity contribution < 1.29 is 23.5 Å². The summed E-state index contributed by atoms with van der Waals surface area (Å²) in [5.74, 6) is -2.43. The second-order valence-corrected chi connectivity index (χ2v) is 9.66. The van der Waals surface area contributed by atoms with Crippen molar-refractivity contribution in [3.05, 3.63) is 90.0 Å². The first-order valence-corrected chi connectivity index (χ1v) is 12.0. The number of methoxy groups -OCH3 is 1. The van der Waals surface area contributed by atoms with E-state index in [2.05, 4.69) is 15.6 Å². The highest BCUT2D eigenvalue weighted by Crippen LogP contribution is 2.19. The number of nitrogens with one attached hydrogen (secondary N) is 2. The Morgan fingerprint density at radius 3 is 2.24 bits per heavy atom. The molecule has 2 aromatic carbocycles. The van der Waals surface area contributed by atoms with E-state index in [0.29, 0.717) is 6.42 Å². The average Bonchev–Trinajstić information content (AvgIpc) is 2.89. The van der Waals surface area contributed by atoms with Gasteiger partial charge in [-0.1, -0.05) is 55.5 Å². The zero-order valence-corrected chi connectivity index (χ0v) is 21.5. The van der Waals surface area contributed by atoms with Gasteiger partial charge in [0.25, 0.3) is 5.91 Å². The van der Waals surface area contributed by atoms with E-state index in [4.69, 9.17) is 4.74 Å². The quantitative estimate of drug-likeness (QED) is 0.400. The van der Waals surface area contributed by atoms with Gasteiger partial charge in [0.2, 0.25) is 5.91 Å². The number of esters is 1. The number of pyridine rings is 1. The van der Waals surface area contributed by atoms with Crippen molar-refractivity contribution in [2.45, 2.75) is 45.2 Å². The largest absolute Gasteiger partial charge is 0.469 e. The van der Waals surface area contributed by atoms with Gasteiger partial charge in [0.05, 0.1) is 13.0 Å². The highest BCUT2D eigenvalue weighted by molar-refractivity contribution is 5.96. The summed E-state index contributed by atoms with van der Waals surface area (Å²) in [6, 6.07) is 18.1. The number of rotatable bonds is 10. The fourth-order valence-electron chi connectivity index (χ4n) is 4.02. The molecule has 0 aliphatic rings. The molecule has 0 saturated carbocycles. The zero-order valence-electron chi connectivity index (χ0n) is 21.5. The van der Waals surface area contributed by atoms with Gasteiger partial charge in [0, 0.05) is 17.3 Å². The van der Waals surface area contributed by atoms with Crippen LogP contribution in [0.15, 0.2) is 72.9 Å². The number of benzene rings is 2. The molecule has 0 aliphatic carbocycles. The van der Waals surface area contributed by atoms with Crippen LogP contribution in [0.1, 0.15) is 43.2 Å². The highest BCUT2D eigenvalue weighted by atomic mass is 19.1. The highest BCUT2D eigenvalue weighted by Gasteiger charge is 2.31. The van der Waals surface area contributed by atoms with Crippen LogP contribution in [0.2, 0.25) is 0 Å². The summed E-state index contributed by atoms with van der Waals surface area (Å²) in [5.41, 5.74) is 2.11. The van der Waals surface area contributed by atoms with Gasteiger partial charge < -0.3 is 15.4 Å². The molecule has 0 fully saturated rings. The number of hydrogen-bond donors (Lipinski definition) is 2. The van der Waals surface area contributed by atoms with E-state index in [0.717, 1.165) is 16.7 Å². The predicted molar refractivity (Wildman–Crippen MR) is 139 cm³/mol. The van der Waals surface area contributed by atoms with Crippen LogP contribution in [0, 0.1) is 11.7 Å². The van der Waals surface area contributed by atoms with Gasteiger partial charge in [-0.3, -0.25) is 19.4 Å². The first-order chi connectivity index (χ1) is 17.6. The maximum absolute atomic E-state index is 13.3. The molecule has 3 aromatic rings. The van der Waals surface area contributed by atoms with Gasteiger partial charge in [0.15, 0.2) is 0 Å². The third-order valence-electron chi connectivity index (χ3n) is 5.94. The second kappa shape index (κ2) is 12.3. The topological polar surface area (TPSA) is 97.4 Å². The van der Waals surface area contributed by atoms with E-state index in [-0.39, 0.29) is 17.9 Å². The summed E-state index contributed by atoms with van der Waals surface area (Å²) >= 11 is 0. The Balaban J connectivity index is 1.74. The molecule has 2 amide bonds. The lowest BCUT2D eigenvalue weighted by Gasteiger charge is -2.30. The molecule has 2 unspecified atom stereocenters. The van der Waals surface area contributed by atoms with E-state index in [1.165, 1.54) is 19.2 Å². The van der Waals surface area contributed by atoms with E-state index in [9.17, 15) is 18.8 Å². The van der Waals surface area contributed by atoms with E-state index in [1.807, 2.05) is 44.2 Å². The number of aromatic nitrogens is 1. The van der Waals surface area contributed by atoms with Gasteiger partial charge in [0.1, 0.15) is 17.6 Å². The van der Waals surface area contributed by atoms with Crippen LogP contribution in [0.25, 0.3) is 11.1 Å². The molecule has 2 atom stereocenters. The SMILES string of the molecule is COC(=O)C(C)CC(NC(=O)c1ccc(-c2ccccc2)cn1)C(=O)NC(C)(C)Cc1ccc(F)cc1. The number of nitrogens with zero attached hydrogens (tertiary/aromatic N) is 1. The molecule has 1 heterocycles. The van der Waals surface area contributed by atoms with Gasteiger partial charge in [-0.25, -0.2) is 4.39 Å². The molecule has 1 aromatic heterocycles. The lowest BCUT2D eigenvalue weighted by molar-refractivity contribution is -0.145. The van der Waals surface area contributed by atoms with Crippen molar-refractivity contribution in [2.24, 2.45) is 5.92 Å². The fraction of sp³-hybridized carbons (Fsp3) is 0.310. The third-order valence-corrected chi connectivity index (χ3v) is 5.94. The van der Waals surface area contributed by atoms with Crippen molar-refractivity contribution >= 4 is 17.8 Å². The van der Waals surface area contributed by atoms with E-state index < -0.39 is 35.3 Å². The van der Waals surface area contributed by atoms with Crippen molar-refractivity contribution in [1.29, 1.82) is 0 Å². The van der Waals surface area contributed by atoms with Crippen molar-refractivity contribution in [2.75, 3.05) is 7.11 Å². The number of amides is 2. The molecule has 8 heteroatoms. The van der Waals surface area contributed by atoms with E-state index >= 15 is 0 Å². The summed E-state index contributed by atoms with van der Waals surface area (Å²) in [6.07, 6.45) is 2.08. The van der Waals surface area contributed by atoms with Crippen molar-refractivity contribution in [1.82, 2.24) is 15.6 Å². The molecule has 0 bridgehead atoms. The minimum atomic E-state index is -1.01. The molecular weight excluding hydrogens is 473 g/mol. The van der Waals surface area contributed by atoms with Crippen LogP contribution in [-0.4, -0.2) is 41.5 Å². The van der Waals surface area contributed by atoms with Crippen LogP contribution in [-0.2, 0) is 20.7 Å². The number of ether oxygens (including phenoxy) is 1. The minimum absolute atomic E-state index is 0.0406. The maximum Gasteiger partial charge on any atom is 0.308 e. The molecule has 7 nitrogen and oxygen atoms in total. The van der Waals surface area contributed by atoms with Crippen molar-refractivity contribution in [3.63, 3.8) is 0 Å². The Labute approximate surface area is 216 Å². The minimum Gasteiger partial charge on any atom is -0.469 e. The molecule has 2 N–H and O–H groups in total. The van der Waals surface area contributed by atoms with Crippen LogP contribution < -0.4 is 10.6 Å². The fourth-order valence-corrected chi connectivity index (χ4v) is 4.02. The predicted octanol–water partition coefficient (Wildman–Crippen LogP) is 4.32. The molecule has 0 spiro atoms. The van der Waals surface area contributed by atoms with E-state index in [1.54, 1.807) is 37.4 Å². The Bertz CT molecular complexity index is 1210. The number of halogens is 1. The monoisotopic (exact) mass is 505 g/mol. The lowest BCUT2D eigenvalue weighted by atomic mass is 9.93. The molecule has 0 saturated heterocycles. The summed E-state index contributed by atoms with van der Waals surface area (Å²) in [4.78, 5) is 42.6. The van der Waals surface area contributed by atoms with Crippen molar-refractivity contribution in [3.8, 4) is 11.1 Å². The number of carbonyl (C=O) groups excluding carboxylic acids is 3. The van der Waals surface area contributed by atoms with Crippen LogP contribution in [0.5, 0.6) is 0 Å². The van der Waals surface area contributed by atoms with Gasteiger partial charge in [-0.2, -0.15) is 0 Å². The summed E-state index contributed by atoms with van der Waals surface area (Å²) in [5, 5.41) is 5.67. The molecule has 0 radical (unpaired) electrons. The number of carbonyl (C=O) groups is 3. The lowest BCUT2D eigenvalue weighted by Crippen LogP contribution is -2.54. The summed E-state index contributed by atoms with van der Waals surface area (Å²) in [7, 11) is 1.27. The molecule has 37 heavy (non-hydrogen) atoms. The Morgan fingerprint density at radius 1 is 0.973 bits per heavy atom. The average molecular weight is 506 g/mol. The normalized spacial score (nSPS) is 12.8. The first kappa shape index (κ1) is 27.5. The summed E-state index contributed by atoms with van der Waals surface area (Å²) < 4.78 is 18.1. The Morgan fingerprint density at radius 2 is 1.65 bits per heavy atom. The van der Waals surface area contributed by atoms with Crippen LogP contribution in [0.3, 0.4) is 0 Å². The molecule has 194 valence electrons. The standard InChI is InChI=1S/C29H32FN3O4/c1-19(28(36)37-4)16-25(27(35)33-29(2,3)17-20-10-13-23(30)14-11-20)32-26(34)24-15-12-22(18-31-24)21-8-6-5-7-9-21/h5-15,18-19,25H,16-17H2,1-4H3,(H,32,34)(H,33,35). The smallest absolute Gasteiger partial charge is 0.308 e. The first-order valence-electron chi connectivity index (χ1n) is 12.0. The van der Waals surface area contributed by atoms with Crippen LogP contribution >= 0.6 is 0 Å². The maximum atomic E-state index is 13.3. The molecular formula is C29H32FN3O4. The molecule has 3 rings (SSSR count). The van der Waals surface area contributed by atoms with Gasteiger partial charge >= 0.3 is 5.97 Å². The second-order valence-electron chi connectivity index (χ2n) is 9.66.